The number of hydrogen-bond donors (Lipinski definition) is 4. The standard InChI is InChI=1S/C17H28N4O2S/c1-19-16(22)15(12-13-8-4-3-5-9-13)20-17(23)14(21-24-2)10-6-7-11-18/h3-5,8-9,14-15,21H,6-7,10-12,18H2,1-2H3,(H,19,22)(H,20,23). The van der Waals surface area contributed by atoms with Gasteiger partial charge in [0, 0.05) is 13.5 Å². The summed E-state index contributed by atoms with van der Waals surface area (Å²) < 4.78 is 3.10. The van der Waals surface area contributed by atoms with Gasteiger partial charge >= 0.3 is 0 Å². The lowest BCUT2D eigenvalue weighted by Gasteiger charge is -2.22. The Morgan fingerprint density at radius 2 is 1.83 bits per heavy atom. The fourth-order valence-electron chi connectivity index (χ4n) is 2.38. The fraction of sp³-hybridized carbons (Fsp3) is 0.529. The average Bonchev–Trinajstić information content (AvgIpc) is 2.60. The Morgan fingerprint density at radius 3 is 2.42 bits per heavy atom. The maximum absolute atomic E-state index is 12.6. The van der Waals surface area contributed by atoms with Crippen LogP contribution < -0.4 is 21.1 Å². The highest BCUT2D eigenvalue weighted by atomic mass is 32.2. The molecule has 2 atom stereocenters. The highest BCUT2D eigenvalue weighted by Crippen LogP contribution is 2.07. The molecule has 1 aromatic rings. The Balaban J connectivity index is 2.71. The van der Waals surface area contributed by atoms with Crippen molar-refractivity contribution in [2.24, 2.45) is 5.73 Å². The zero-order valence-corrected chi connectivity index (χ0v) is 15.2. The number of carbonyl (C=O) groups is 2. The molecule has 24 heavy (non-hydrogen) atoms. The van der Waals surface area contributed by atoms with Crippen molar-refractivity contribution in [3.63, 3.8) is 0 Å². The number of rotatable bonds is 11. The van der Waals surface area contributed by atoms with Crippen LogP contribution in [0.15, 0.2) is 30.3 Å². The minimum Gasteiger partial charge on any atom is -0.357 e. The highest BCUT2D eigenvalue weighted by molar-refractivity contribution is 7.96. The van der Waals surface area contributed by atoms with Crippen LogP contribution in [0.4, 0.5) is 0 Å². The summed E-state index contributed by atoms with van der Waals surface area (Å²) >= 11 is 1.40. The molecule has 0 heterocycles. The Morgan fingerprint density at radius 1 is 1.12 bits per heavy atom. The van der Waals surface area contributed by atoms with Crippen molar-refractivity contribution in [1.82, 2.24) is 15.4 Å². The summed E-state index contributed by atoms with van der Waals surface area (Å²) in [6.45, 7) is 0.614. The van der Waals surface area contributed by atoms with Crippen LogP contribution >= 0.6 is 11.9 Å². The van der Waals surface area contributed by atoms with Gasteiger partial charge in [0.25, 0.3) is 0 Å². The third-order valence-electron chi connectivity index (χ3n) is 3.69. The summed E-state index contributed by atoms with van der Waals surface area (Å²) in [5, 5.41) is 5.49. The topological polar surface area (TPSA) is 96.2 Å². The molecule has 0 bridgehead atoms. The third-order valence-corrected chi connectivity index (χ3v) is 4.21. The van der Waals surface area contributed by atoms with Gasteiger partial charge in [-0.2, -0.15) is 0 Å². The average molecular weight is 353 g/mol. The highest BCUT2D eigenvalue weighted by Gasteiger charge is 2.24. The van der Waals surface area contributed by atoms with E-state index in [1.807, 2.05) is 36.6 Å². The van der Waals surface area contributed by atoms with Crippen molar-refractivity contribution in [2.45, 2.75) is 37.8 Å². The molecule has 2 unspecified atom stereocenters. The largest absolute Gasteiger partial charge is 0.357 e. The quantitative estimate of drug-likeness (QED) is 0.349. The van der Waals surface area contributed by atoms with Crippen LogP contribution in [0, 0.1) is 0 Å². The summed E-state index contributed by atoms with van der Waals surface area (Å²) in [5.41, 5.74) is 6.51. The van der Waals surface area contributed by atoms with E-state index in [1.165, 1.54) is 11.9 Å². The zero-order chi connectivity index (χ0) is 17.8. The van der Waals surface area contributed by atoms with E-state index in [4.69, 9.17) is 5.73 Å². The van der Waals surface area contributed by atoms with Crippen LogP contribution in [-0.4, -0.2) is 43.7 Å². The molecular formula is C17H28N4O2S. The lowest BCUT2D eigenvalue weighted by Crippen LogP contribution is -2.52. The van der Waals surface area contributed by atoms with Crippen LogP contribution in [-0.2, 0) is 16.0 Å². The predicted molar refractivity (Wildman–Crippen MR) is 99.5 cm³/mol. The summed E-state index contributed by atoms with van der Waals surface area (Å²) in [7, 11) is 1.57. The molecule has 0 saturated carbocycles. The minimum atomic E-state index is -0.592. The molecule has 0 aliphatic rings. The van der Waals surface area contributed by atoms with Crippen LogP contribution in [0.3, 0.4) is 0 Å². The Hall–Kier alpha value is -1.57. The second-order valence-electron chi connectivity index (χ2n) is 5.52. The second kappa shape index (κ2) is 11.9. The molecule has 0 aromatic heterocycles. The van der Waals surface area contributed by atoms with Crippen LogP contribution in [0.2, 0.25) is 0 Å². The zero-order valence-electron chi connectivity index (χ0n) is 14.4. The number of unbranched alkanes of at least 4 members (excludes halogenated alkanes) is 1. The van der Waals surface area contributed by atoms with Crippen molar-refractivity contribution in [2.75, 3.05) is 19.8 Å². The smallest absolute Gasteiger partial charge is 0.242 e. The van der Waals surface area contributed by atoms with Crippen molar-refractivity contribution in [3.8, 4) is 0 Å². The summed E-state index contributed by atoms with van der Waals surface area (Å²) in [6, 6.07) is 8.72. The number of benzene rings is 1. The van der Waals surface area contributed by atoms with Gasteiger partial charge in [-0.15, -0.1) is 0 Å². The minimum absolute atomic E-state index is 0.161. The van der Waals surface area contributed by atoms with Crippen LogP contribution in [0.1, 0.15) is 24.8 Å². The van der Waals surface area contributed by atoms with E-state index in [-0.39, 0.29) is 17.9 Å². The van der Waals surface area contributed by atoms with Crippen molar-refractivity contribution in [1.29, 1.82) is 0 Å². The maximum atomic E-state index is 12.6. The number of amides is 2. The SMILES string of the molecule is CNC(=O)C(Cc1ccccc1)NC(=O)C(CCCCN)NSC. The Bertz CT molecular complexity index is 499. The monoisotopic (exact) mass is 352 g/mol. The first-order valence-corrected chi connectivity index (χ1v) is 9.39. The first-order valence-electron chi connectivity index (χ1n) is 8.16. The molecule has 0 fully saturated rings. The molecule has 134 valence electrons. The molecule has 2 amide bonds. The van der Waals surface area contributed by atoms with Gasteiger partial charge in [0.1, 0.15) is 6.04 Å². The first-order chi connectivity index (χ1) is 11.6. The first kappa shape index (κ1) is 20.5. The molecule has 5 N–H and O–H groups in total. The summed E-state index contributed by atoms with van der Waals surface area (Å²) in [4.78, 5) is 24.7. The molecule has 6 nitrogen and oxygen atoms in total. The van der Waals surface area contributed by atoms with Gasteiger partial charge < -0.3 is 16.4 Å². The van der Waals surface area contributed by atoms with E-state index in [0.29, 0.717) is 19.4 Å². The fourth-order valence-corrected chi connectivity index (χ4v) is 2.89. The molecule has 0 spiro atoms. The number of carbonyl (C=O) groups excluding carboxylic acids is 2. The molecule has 7 heteroatoms. The van der Waals surface area contributed by atoms with Gasteiger partial charge in [0.05, 0.1) is 6.04 Å². The van der Waals surface area contributed by atoms with E-state index in [1.54, 1.807) is 7.05 Å². The van der Waals surface area contributed by atoms with Crippen molar-refractivity contribution in [3.05, 3.63) is 35.9 Å². The van der Waals surface area contributed by atoms with E-state index in [0.717, 1.165) is 18.4 Å². The van der Waals surface area contributed by atoms with E-state index < -0.39 is 6.04 Å². The number of hydrogen-bond acceptors (Lipinski definition) is 5. The molecule has 1 aromatic carbocycles. The number of nitrogens with one attached hydrogen (secondary N) is 3. The second-order valence-corrected chi connectivity index (χ2v) is 6.17. The molecule has 0 aliphatic carbocycles. The van der Waals surface area contributed by atoms with Crippen LogP contribution in [0.25, 0.3) is 0 Å². The lowest BCUT2D eigenvalue weighted by molar-refractivity contribution is -0.129. The lowest BCUT2D eigenvalue weighted by atomic mass is 10.0. The van der Waals surface area contributed by atoms with Gasteiger partial charge in [-0.1, -0.05) is 48.7 Å². The van der Waals surface area contributed by atoms with Crippen LogP contribution in [0.5, 0.6) is 0 Å². The summed E-state index contributed by atoms with van der Waals surface area (Å²) in [6.07, 6.45) is 4.77. The van der Waals surface area contributed by atoms with E-state index in [9.17, 15) is 9.59 Å². The molecule has 0 saturated heterocycles. The van der Waals surface area contributed by atoms with Gasteiger partial charge in [-0.3, -0.25) is 14.3 Å². The van der Waals surface area contributed by atoms with Gasteiger partial charge in [0.2, 0.25) is 11.8 Å². The van der Waals surface area contributed by atoms with Gasteiger partial charge in [-0.25, -0.2) is 0 Å². The summed E-state index contributed by atoms with van der Waals surface area (Å²) in [5.74, 6) is -0.358. The number of likely N-dealkylation sites (N-methyl/N-ethyl adjacent to an activating group) is 1. The van der Waals surface area contributed by atoms with Gasteiger partial charge in [-0.05, 0) is 31.2 Å². The molecular weight excluding hydrogens is 324 g/mol. The molecule has 0 radical (unpaired) electrons. The molecule has 0 aliphatic heterocycles. The Labute approximate surface area is 148 Å². The van der Waals surface area contributed by atoms with E-state index in [2.05, 4.69) is 15.4 Å². The van der Waals surface area contributed by atoms with Gasteiger partial charge in [0.15, 0.2) is 0 Å². The third kappa shape index (κ3) is 7.33. The maximum Gasteiger partial charge on any atom is 0.242 e. The Kier molecular flexibility index (Phi) is 10.1. The normalized spacial score (nSPS) is 13.1. The molecule has 1 rings (SSSR count). The number of nitrogens with two attached hydrogens (primary N) is 1. The van der Waals surface area contributed by atoms with Crippen molar-refractivity contribution < 1.29 is 9.59 Å². The van der Waals surface area contributed by atoms with E-state index >= 15 is 0 Å². The van der Waals surface area contributed by atoms with Crippen molar-refractivity contribution >= 4 is 23.8 Å². The predicted octanol–water partition coefficient (Wildman–Crippen LogP) is 0.825.